The van der Waals surface area contributed by atoms with E-state index in [1.54, 1.807) is 13.0 Å². The lowest BCUT2D eigenvalue weighted by Gasteiger charge is -2.39. The highest BCUT2D eigenvalue weighted by Crippen LogP contribution is 2.32. The van der Waals surface area contributed by atoms with Gasteiger partial charge in [0, 0.05) is 6.54 Å². The number of hydrogen-bond acceptors (Lipinski definition) is 3. The number of morpholine rings is 1. The molecule has 6 heteroatoms. The molecule has 2 unspecified atom stereocenters. The zero-order valence-electron chi connectivity index (χ0n) is 14.8. The molecule has 1 fully saturated rings. The van der Waals surface area contributed by atoms with Crippen molar-refractivity contribution in [3.8, 4) is 0 Å². The Morgan fingerprint density at radius 2 is 1.88 bits per heavy atom. The lowest BCUT2D eigenvalue weighted by molar-refractivity contribution is -0.212. The van der Waals surface area contributed by atoms with Gasteiger partial charge in [-0.25, -0.2) is 0 Å². The third-order valence-electron chi connectivity index (χ3n) is 4.48. The van der Waals surface area contributed by atoms with Crippen molar-refractivity contribution in [1.29, 1.82) is 0 Å². The van der Waals surface area contributed by atoms with Crippen LogP contribution in [0.15, 0.2) is 48.5 Å². The molecule has 0 aliphatic carbocycles. The van der Waals surface area contributed by atoms with Gasteiger partial charge in [-0.15, -0.1) is 0 Å². The molecule has 140 valence electrons. The summed E-state index contributed by atoms with van der Waals surface area (Å²) in [6, 6.07) is 13.7. The molecule has 0 bridgehead atoms. The van der Waals surface area contributed by atoms with Crippen LogP contribution in [0.1, 0.15) is 28.3 Å². The molecule has 2 aromatic rings. The molecular formula is C20H22F3NO2. The lowest BCUT2D eigenvalue weighted by atomic mass is 10.0. The van der Waals surface area contributed by atoms with Crippen molar-refractivity contribution >= 4 is 0 Å². The predicted octanol–water partition coefficient (Wildman–Crippen LogP) is 4.56. The summed E-state index contributed by atoms with van der Waals surface area (Å²) in [5.74, 6) is 0. The van der Waals surface area contributed by atoms with Gasteiger partial charge >= 0.3 is 6.18 Å². The largest absolute Gasteiger partial charge is 0.416 e. The van der Waals surface area contributed by atoms with E-state index in [9.17, 15) is 13.2 Å². The van der Waals surface area contributed by atoms with Crippen LogP contribution in [-0.4, -0.2) is 31.4 Å². The van der Waals surface area contributed by atoms with E-state index < -0.39 is 18.0 Å². The smallest absolute Gasteiger partial charge is 0.349 e. The molecule has 3 rings (SSSR count). The summed E-state index contributed by atoms with van der Waals surface area (Å²) in [7, 11) is 1.99. The Morgan fingerprint density at radius 1 is 1.15 bits per heavy atom. The van der Waals surface area contributed by atoms with Gasteiger partial charge in [-0.2, -0.15) is 13.2 Å². The van der Waals surface area contributed by atoms with Gasteiger partial charge < -0.3 is 9.47 Å². The third kappa shape index (κ3) is 4.44. The maximum atomic E-state index is 13.0. The molecule has 1 aliphatic rings. The van der Waals surface area contributed by atoms with Crippen molar-refractivity contribution in [3.05, 3.63) is 70.8 Å². The number of benzene rings is 2. The van der Waals surface area contributed by atoms with Crippen LogP contribution in [0.2, 0.25) is 0 Å². The molecule has 26 heavy (non-hydrogen) atoms. The first kappa shape index (κ1) is 18.9. The maximum Gasteiger partial charge on any atom is 0.416 e. The van der Waals surface area contributed by atoms with Crippen molar-refractivity contribution < 1.29 is 22.6 Å². The average molecular weight is 365 g/mol. The molecule has 2 aromatic carbocycles. The Labute approximate surface area is 151 Å². The first-order chi connectivity index (χ1) is 12.3. The maximum absolute atomic E-state index is 13.0. The van der Waals surface area contributed by atoms with Gasteiger partial charge in [0.1, 0.15) is 0 Å². The van der Waals surface area contributed by atoms with Gasteiger partial charge in [0.15, 0.2) is 6.29 Å². The van der Waals surface area contributed by atoms with E-state index in [1.165, 1.54) is 0 Å². The van der Waals surface area contributed by atoms with E-state index in [4.69, 9.17) is 9.47 Å². The van der Waals surface area contributed by atoms with Gasteiger partial charge in [0.05, 0.1) is 24.8 Å². The van der Waals surface area contributed by atoms with Crippen LogP contribution in [-0.2, 0) is 22.3 Å². The molecule has 0 amide bonds. The van der Waals surface area contributed by atoms with Crippen molar-refractivity contribution in [1.82, 2.24) is 4.90 Å². The topological polar surface area (TPSA) is 21.7 Å². The Hall–Kier alpha value is -1.89. The Bertz CT molecular complexity index is 734. The summed E-state index contributed by atoms with van der Waals surface area (Å²) in [6.07, 6.45) is -4.90. The summed E-state index contributed by atoms with van der Waals surface area (Å²) < 4.78 is 50.7. The highest BCUT2D eigenvalue weighted by molar-refractivity contribution is 5.31. The van der Waals surface area contributed by atoms with Crippen molar-refractivity contribution in [3.63, 3.8) is 0 Å². The number of hydrogen-bond donors (Lipinski definition) is 0. The van der Waals surface area contributed by atoms with Crippen LogP contribution in [0.4, 0.5) is 13.2 Å². The second-order valence-electron chi connectivity index (χ2n) is 6.59. The fraction of sp³-hybridized carbons (Fsp3) is 0.400. The highest BCUT2D eigenvalue weighted by Gasteiger charge is 2.33. The molecule has 3 nitrogen and oxygen atoms in total. The van der Waals surface area contributed by atoms with E-state index >= 15 is 0 Å². The van der Waals surface area contributed by atoms with Crippen molar-refractivity contribution in [2.75, 3.05) is 20.2 Å². The first-order valence-electron chi connectivity index (χ1n) is 8.51. The number of rotatable bonds is 4. The molecule has 1 saturated heterocycles. The van der Waals surface area contributed by atoms with Crippen molar-refractivity contribution in [2.45, 2.75) is 32.0 Å². The fourth-order valence-corrected chi connectivity index (χ4v) is 3.24. The van der Waals surface area contributed by atoms with Crippen LogP contribution in [0.25, 0.3) is 0 Å². The number of halogens is 3. The molecule has 1 aliphatic heterocycles. The van der Waals surface area contributed by atoms with E-state index in [-0.39, 0.29) is 12.6 Å². The Kier molecular flexibility index (Phi) is 5.65. The van der Waals surface area contributed by atoms with Gasteiger partial charge in [-0.3, -0.25) is 4.90 Å². The molecule has 0 N–H and O–H groups in total. The number of nitrogens with zero attached hydrogens (tertiary/aromatic N) is 1. The molecule has 0 spiro atoms. The summed E-state index contributed by atoms with van der Waals surface area (Å²) in [4.78, 5) is 2.14. The van der Waals surface area contributed by atoms with Gasteiger partial charge in [0.25, 0.3) is 0 Å². The minimum absolute atomic E-state index is 0.0621. The molecule has 2 atom stereocenters. The number of ether oxygens (including phenoxy) is 2. The summed E-state index contributed by atoms with van der Waals surface area (Å²) in [5.41, 5.74) is 1.44. The summed E-state index contributed by atoms with van der Waals surface area (Å²) in [5, 5.41) is 0. The van der Waals surface area contributed by atoms with Gasteiger partial charge in [0.2, 0.25) is 0 Å². The number of alkyl halides is 3. The van der Waals surface area contributed by atoms with Crippen LogP contribution < -0.4 is 0 Å². The van der Waals surface area contributed by atoms with Crippen LogP contribution >= 0.6 is 0 Å². The second-order valence-corrected chi connectivity index (χ2v) is 6.59. The molecule has 0 aromatic heterocycles. The summed E-state index contributed by atoms with van der Waals surface area (Å²) >= 11 is 0. The average Bonchev–Trinajstić information content (AvgIpc) is 2.59. The van der Waals surface area contributed by atoms with E-state index in [2.05, 4.69) is 4.90 Å². The van der Waals surface area contributed by atoms with Gasteiger partial charge in [-0.1, -0.05) is 42.0 Å². The summed E-state index contributed by atoms with van der Waals surface area (Å²) in [6.45, 7) is 3.00. The minimum atomic E-state index is -4.37. The van der Waals surface area contributed by atoms with E-state index in [0.717, 1.165) is 24.2 Å². The Morgan fingerprint density at radius 3 is 2.58 bits per heavy atom. The van der Waals surface area contributed by atoms with Crippen LogP contribution in [0.5, 0.6) is 0 Å². The standard InChI is InChI=1S/C20H22F3NO2/c1-14-10-15(12-17(11-14)20(21,22)23)13-26-19-18(24(2)8-9-25-19)16-6-4-3-5-7-16/h3-7,10-12,18-19H,8-9,13H2,1-2H3. The third-order valence-corrected chi connectivity index (χ3v) is 4.48. The first-order valence-corrected chi connectivity index (χ1v) is 8.51. The Balaban J connectivity index is 1.76. The van der Waals surface area contributed by atoms with E-state index in [0.29, 0.717) is 17.7 Å². The van der Waals surface area contributed by atoms with Gasteiger partial charge in [-0.05, 0) is 37.2 Å². The van der Waals surface area contributed by atoms with Crippen molar-refractivity contribution in [2.24, 2.45) is 0 Å². The molecule has 0 saturated carbocycles. The fourth-order valence-electron chi connectivity index (χ4n) is 3.24. The molecule has 1 heterocycles. The monoisotopic (exact) mass is 365 g/mol. The minimum Gasteiger partial charge on any atom is -0.349 e. The lowest BCUT2D eigenvalue weighted by Crippen LogP contribution is -2.44. The highest BCUT2D eigenvalue weighted by atomic mass is 19.4. The van der Waals surface area contributed by atoms with Crippen LogP contribution in [0.3, 0.4) is 0 Å². The SMILES string of the molecule is Cc1cc(COC2OCCN(C)C2c2ccccc2)cc(C(F)(F)F)c1. The molecule has 0 radical (unpaired) electrons. The molecular weight excluding hydrogens is 343 g/mol. The van der Waals surface area contributed by atoms with Crippen LogP contribution in [0, 0.1) is 6.92 Å². The predicted molar refractivity (Wildman–Crippen MR) is 92.5 cm³/mol. The number of likely N-dealkylation sites (N-methyl/N-ethyl adjacent to an activating group) is 1. The quantitative estimate of drug-likeness (QED) is 0.793. The normalized spacial score (nSPS) is 21.7. The zero-order chi connectivity index (χ0) is 18.7. The number of aryl methyl sites for hydroxylation is 1. The second kappa shape index (κ2) is 7.78. The van der Waals surface area contributed by atoms with E-state index in [1.807, 2.05) is 37.4 Å². The zero-order valence-corrected chi connectivity index (χ0v) is 14.8.